The molecule has 2 amide bonds. The highest BCUT2D eigenvalue weighted by Gasteiger charge is 2.35. The van der Waals surface area contributed by atoms with Gasteiger partial charge in [0, 0.05) is 44.1 Å². The van der Waals surface area contributed by atoms with Crippen molar-refractivity contribution in [2.24, 2.45) is 0 Å². The molecule has 1 fully saturated rings. The lowest BCUT2D eigenvalue weighted by molar-refractivity contribution is -0.139. The Kier molecular flexibility index (Phi) is 8.00. The van der Waals surface area contributed by atoms with E-state index in [4.69, 9.17) is 14.2 Å². The topological polar surface area (TPSA) is 92.4 Å². The molecule has 192 valence electrons. The smallest absolute Gasteiger partial charge is 0.338 e. The highest BCUT2D eigenvalue weighted by molar-refractivity contribution is 5.95. The minimum Gasteiger partial charge on any atom is -0.493 e. The summed E-state index contributed by atoms with van der Waals surface area (Å²) >= 11 is 0. The summed E-state index contributed by atoms with van der Waals surface area (Å²) in [6.07, 6.45) is 0. The second-order valence-electron chi connectivity index (χ2n) is 8.86. The first-order valence-corrected chi connectivity index (χ1v) is 12.2. The number of esters is 1. The molecule has 2 aromatic rings. The van der Waals surface area contributed by atoms with Crippen molar-refractivity contribution < 1.29 is 23.8 Å². The highest BCUT2D eigenvalue weighted by atomic mass is 16.5. The van der Waals surface area contributed by atoms with Crippen LogP contribution in [-0.2, 0) is 9.53 Å². The quantitative estimate of drug-likeness (QED) is 0.545. The maximum atomic E-state index is 13.1. The van der Waals surface area contributed by atoms with Gasteiger partial charge in [0.2, 0.25) is 0 Å². The fourth-order valence-corrected chi connectivity index (χ4v) is 4.62. The minimum atomic E-state index is -0.679. The molecule has 0 unspecified atom stereocenters. The number of anilines is 1. The van der Waals surface area contributed by atoms with Gasteiger partial charge in [0.1, 0.15) is 0 Å². The van der Waals surface area contributed by atoms with Crippen LogP contribution < -0.4 is 25.0 Å². The zero-order valence-corrected chi connectivity index (χ0v) is 21.3. The van der Waals surface area contributed by atoms with Gasteiger partial charge in [-0.1, -0.05) is 23.8 Å². The largest absolute Gasteiger partial charge is 0.493 e. The van der Waals surface area contributed by atoms with Crippen molar-refractivity contribution in [1.82, 2.24) is 15.5 Å². The summed E-state index contributed by atoms with van der Waals surface area (Å²) in [5.41, 5.74) is 4.09. The van der Waals surface area contributed by atoms with E-state index >= 15 is 0 Å². The number of methoxy groups -OCH3 is 2. The average molecular weight is 495 g/mol. The normalized spacial score (nSPS) is 18.4. The van der Waals surface area contributed by atoms with Gasteiger partial charge in [-0.15, -0.1) is 0 Å². The van der Waals surface area contributed by atoms with Gasteiger partial charge < -0.3 is 29.7 Å². The van der Waals surface area contributed by atoms with Crippen molar-refractivity contribution in [2.75, 3.05) is 58.5 Å². The molecule has 4 rings (SSSR count). The standard InChI is InChI=1S/C27H34N4O5/c1-5-36-26(32)24-21(17-30-12-14-31(15-13-30)20-9-6-18(2)7-10-20)28-27(33)29-25(24)19-8-11-22(34-3)23(16-19)35-4/h6-11,16,25H,5,12-15,17H2,1-4H3,(H2,28,29,33)/t25-/m1/s1. The number of amides is 2. The molecule has 36 heavy (non-hydrogen) atoms. The van der Waals surface area contributed by atoms with E-state index in [2.05, 4.69) is 51.6 Å². The molecule has 9 heteroatoms. The van der Waals surface area contributed by atoms with E-state index < -0.39 is 12.0 Å². The number of nitrogens with zero attached hydrogens (tertiary/aromatic N) is 2. The lowest BCUT2D eigenvalue weighted by Crippen LogP contribution is -2.51. The van der Waals surface area contributed by atoms with Crippen LogP contribution in [-0.4, -0.2) is 70.5 Å². The summed E-state index contributed by atoms with van der Waals surface area (Å²) in [6.45, 7) is 7.84. The number of ether oxygens (including phenoxy) is 3. The van der Waals surface area contributed by atoms with Crippen LogP contribution in [0.4, 0.5) is 10.5 Å². The molecule has 1 saturated heterocycles. The van der Waals surface area contributed by atoms with Crippen LogP contribution in [0.2, 0.25) is 0 Å². The van der Waals surface area contributed by atoms with Gasteiger partial charge in [0.15, 0.2) is 11.5 Å². The maximum absolute atomic E-state index is 13.1. The summed E-state index contributed by atoms with van der Waals surface area (Å²) in [4.78, 5) is 30.4. The van der Waals surface area contributed by atoms with E-state index in [0.717, 1.165) is 26.2 Å². The number of rotatable bonds is 8. The van der Waals surface area contributed by atoms with Gasteiger partial charge in [-0.3, -0.25) is 4.90 Å². The van der Waals surface area contributed by atoms with Gasteiger partial charge in [-0.25, -0.2) is 9.59 Å². The van der Waals surface area contributed by atoms with Crippen LogP contribution in [0.1, 0.15) is 24.1 Å². The van der Waals surface area contributed by atoms with Gasteiger partial charge in [-0.05, 0) is 43.7 Å². The number of hydrogen-bond donors (Lipinski definition) is 2. The van der Waals surface area contributed by atoms with E-state index in [9.17, 15) is 9.59 Å². The van der Waals surface area contributed by atoms with Crippen LogP contribution in [0, 0.1) is 6.92 Å². The molecule has 0 aromatic heterocycles. The molecule has 2 aliphatic heterocycles. The number of carbonyl (C=O) groups is 2. The van der Waals surface area contributed by atoms with Crippen molar-refractivity contribution in [3.63, 3.8) is 0 Å². The first kappa shape index (κ1) is 25.4. The highest BCUT2D eigenvalue weighted by Crippen LogP contribution is 2.34. The molecular weight excluding hydrogens is 460 g/mol. The average Bonchev–Trinajstić information content (AvgIpc) is 2.89. The molecule has 2 aromatic carbocycles. The Labute approximate surface area is 212 Å². The van der Waals surface area contributed by atoms with E-state index in [0.29, 0.717) is 34.9 Å². The number of urea groups is 1. The summed E-state index contributed by atoms with van der Waals surface area (Å²) in [5.74, 6) is 0.618. The molecule has 0 bridgehead atoms. The Morgan fingerprint density at radius 2 is 1.69 bits per heavy atom. The second-order valence-corrected chi connectivity index (χ2v) is 8.86. The molecule has 2 heterocycles. The molecule has 1 atom stereocenters. The van der Waals surface area contributed by atoms with E-state index in [-0.39, 0.29) is 12.6 Å². The SMILES string of the molecule is CCOC(=O)C1=C(CN2CCN(c3ccc(C)cc3)CC2)NC(=O)N[C@@H]1c1ccc(OC)c(OC)c1. The van der Waals surface area contributed by atoms with Gasteiger partial charge in [0.05, 0.1) is 32.4 Å². The fraction of sp³-hybridized carbons (Fsp3) is 0.407. The van der Waals surface area contributed by atoms with Crippen LogP contribution in [0.25, 0.3) is 0 Å². The Bertz CT molecular complexity index is 1120. The van der Waals surface area contributed by atoms with Gasteiger partial charge >= 0.3 is 12.0 Å². The molecule has 0 aliphatic carbocycles. The van der Waals surface area contributed by atoms with Crippen molar-refractivity contribution in [3.05, 3.63) is 64.9 Å². The van der Waals surface area contributed by atoms with Crippen molar-refractivity contribution >= 4 is 17.7 Å². The first-order valence-electron chi connectivity index (χ1n) is 12.2. The molecule has 2 N–H and O–H groups in total. The summed E-state index contributed by atoms with van der Waals surface area (Å²) < 4.78 is 16.2. The van der Waals surface area contributed by atoms with E-state index in [1.54, 1.807) is 33.3 Å². The molecular formula is C27H34N4O5. The number of benzene rings is 2. The predicted octanol–water partition coefficient (Wildman–Crippen LogP) is 3.01. The Morgan fingerprint density at radius 3 is 2.33 bits per heavy atom. The lowest BCUT2D eigenvalue weighted by atomic mass is 9.94. The second kappa shape index (κ2) is 11.3. The number of hydrogen-bond acceptors (Lipinski definition) is 7. The van der Waals surface area contributed by atoms with E-state index in [1.807, 2.05) is 6.07 Å². The number of aryl methyl sites for hydroxylation is 1. The summed E-state index contributed by atoms with van der Waals surface area (Å²) in [6, 6.07) is 12.8. The lowest BCUT2D eigenvalue weighted by Gasteiger charge is -2.38. The van der Waals surface area contributed by atoms with Gasteiger partial charge in [0.25, 0.3) is 0 Å². The molecule has 2 aliphatic rings. The minimum absolute atomic E-state index is 0.234. The first-order chi connectivity index (χ1) is 17.4. The van der Waals surface area contributed by atoms with Gasteiger partial charge in [-0.2, -0.15) is 0 Å². The van der Waals surface area contributed by atoms with Crippen LogP contribution in [0.5, 0.6) is 11.5 Å². The Morgan fingerprint density at radius 1 is 1.00 bits per heavy atom. The fourth-order valence-electron chi connectivity index (χ4n) is 4.62. The van der Waals surface area contributed by atoms with Crippen LogP contribution >= 0.6 is 0 Å². The maximum Gasteiger partial charge on any atom is 0.338 e. The Balaban J connectivity index is 1.58. The third-order valence-electron chi connectivity index (χ3n) is 6.54. The Hall–Kier alpha value is -3.72. The monoisotopic (exact) mass is 494 g/mol. The molecule has 9 nitrogen and oxygen atoms in total. The van der Waals surface area contributed by atoms with Crippen LogP contribution in [0.15, 0.2) is 53.7 Å². The molecule has 0 saturated carbocycles. The van der Waals surface area contributed by atoms with Crippen molar-refractivity contribution in [3.8, 4) is 11.5 Å². The van der Waals surface area contributed by atoms with Crippen molar-refractivity contribution in [1.29, 1.82) is 0 Å². The molecule has 0 radical (unpaired) electrons. The number of carbonyl (C=O) groups excluding carboxylic acids is 2. The number of piperazine rings is 1. The predicted molar refractivity (Wildman–Crippen MR) is 137 cm³/mol. The summed E-state index contributed by atoms with van der Waals surface area (Å²) in [7, 11) is 3.11. The third-order valence-corrected chi connectivity index (χ3v) is 6.54. The van der Waals surface area contributed by atoms with E-state index in [1.165, 1.54) is 11.3 Å². The number of nitrogens with one attached hydrogen (secondary N) is 2. The third kappa shape index (κ3) is 5.57. The zero-order valence-electron chi connectivity index (χ0n) is 21.3. The zero-order chi connectivity index (χ0) is 25.7. The molecule has 0 spiro atoms. The van der Waals surface area contributed by atoms with Crippen LogP contribution in [0.3, 0.4) is 0 Å². The summed E-state index contributed by atoms with van der Waals surface area (Å²) in [5, 5.41) is 5.75. The van der Waals surface area contributed by atoms with Crippen molar-refractivity contribution in [2.45, 2.75) is 19.9 Å².